The average molecular weight is 688 g/mol. The number of anilines is 1. The van der Waals surface area contributed by atoms with Gasteiger partial charge in [-0.1, -0.05) is 19.9 Å². The Labute approximate surface area is 278 Å². The molecule has 1 aromatic heterocycles. The molecule has 0 spiro atoms. The Bertz CT molecular complexity index is 1770. The highest BCUT2D eigenvalue weighted by Gasteiger charge is 2.37. The highest BCUT2D eigenvalue weighted by molar-refractivity contribution is 8.00. The number of methoxy groups -OCH3 is 1. The third-order valence-corrected chi connectivity index (χ3v) is 8.74. The number of carbonyl (C=O) groups is 2. The van der Waals surface area contributed by atoms with Gasteiger partial charge in [0.15, 0.2) is 28.9 Å². The molecule has 3 amide bonds. The molecule has 2 N–H and O–H groups in total. The zero-order chi connectivity index (χ0) is 34.4. The van der Waals surface area contributed by atoms with Crippen LogP contribution in [-0.4, -0.2) is 65.9 Å². The maximum Gasteiger partial charge on any atom is 0.338 e. The number of urea groups is 1. The van der Waals surface area contributed by atoms with Gasteiger partial charge in [-0.05, 0) is 43.8 Å². The van der Waals surface area contributed by atoms with E-state index in [2.05, 4.69) is 34.5 Å². The number of amides is 3. The Kier molecular flexibility index (Phi) is 11.1. The molecule has 1 aliphatic heterocycles. The van der Waals surface area contributed by atoms with Crippen molar-refractivity contribution in [3.8, 4) is 23.0 Å². The molecule has 1 fully saturated rings. The Morgan fingerprint density at radius 1 is 1.00 bits per heavy atom. The van der Waals surface area contributed by atoms with Gasteiger partial charge < -0.3 is 24.4 Å². The fraction of sp³-hybridized carbons (Fsp3) is 0.303. The van der Waals surface area contributed by atoms with E-state index in [-0.39, 0.29) is 17.2 Å². The van der Waals surface area contributed by atoms with Crippen LogP contribution in [0.4, 0.5) is 28.0 Å². The van der Waals surface area contributed by atoms with Gasteiger partial charge in [-0.15, -0.1) is 11.8 Å². The number of fused-ring (bicyclic) bond motifs is 1. The van der Waals surface area contributed by atoms with Crippen LogP contribution in [-0.2, 0) is 4.79 Å². The van der Waals surface area contributed by atoms with Crippen molar-refractivity contribution in [1.82, 2.24) is 20.3 Å². The van der Waals surface area contributed by atoms with Gasteiger partial charge in [0.25, 0.3) is 5.91 Å². The second kappa shape index (κ2) is 15.4. The minimum atomic E-state index is -1.19. The first-order valence-electron chi connectivity index (χ1n) is 15.1. The molecule has 0 radical (unpaired) electrons. The zero-order valence-corrected chi connectivity index (χ0v) is 27.1. The van der Waals surface area contributed by atoms with Crippen molar-refractivity contribution in [2.45, 2.75) is 25.6 Å². The van der Waals surface area contributed by atoms with Crippen molar-refractivity contribution in [3.05, 3.63) is 83.6 Å². The quantitative estimate of drug-likeness (QED) is 0.114. The summed E-state index contributed by atoms with van der Waals surface area (Å²) < 4.78 is 76.3. The molecule has 15 heteroatoms. The van der Waals surface area contributed by atoms with E-state index in [1.165, 1.54) is 25.4 Å². The van der Waals surface area contributed by atoms with Gasteiger partial charge in [0.1, 0.15) is 22.8 Å². The third kappa shape index (κ3) is 7.68. The first-order valence-corrected chi connectivity index (χ1v) is 16.1. The summed E-state index contributed by atoms with van der Waals surface area (Å²) in [6, 6.07) is 8.50. The third-order valence-electron chi connectivity index (χ3n) is 7.56. The lowest BCUT2D eigenvalue weighted by Crippen LogP contribution is -2.46. The number of pyridine rings is 1. The number of thioether (sulfide) groups is 1. The topological polar surface area (TPSA) is 105 Å². The molecule has 48 heavy (non-hydrogen) atoms. The van der Waals surface area contributed by atoms with E-state index < -0.39 is 51.9 Å². The summed E-state index contributed by atoms with van der Waals surface area (Å²) in [5.41, 5.74) is 1.92. The summed E-state index contributed by atoms with van der Waals surface area (Å²) >= 11 is 0.903. The Balaban J connectivity index is 1.29. The molecule has 5 rings (SSSR count). The van der Waals surface area contributed by atoms with E-state index in [0.29, 0.717) is 29.0 Å². The number of hydrogen-bond acceptors (Lipinski definition) is 8. The molecule has 1 saturated heterocycles. The van der Waals surface area contributed by atoms with Crippen molar-refractivity contribution in [2.24, 2.45) is 0 Å². The molecule has 0 aliphatic carbocycles. The summed E-state index contributed by atoms with van der Waals surface area (Å²) in [5, 5.41) is 2.20. The number of ether oxygens (including phenoxy) is 3. The lowest BCUT2D eigenvalue weighted by Gasteiger charge is -2.25. The van der Waals surface area contributed by atoms with Gasteiger partial charge in [0.05, 0.1) is 30.5 Å². The number of rotatable bonds is 13. The first kappa shape index (κ1) is 34.6. The van der Waals surface area contributed by atoms with Crippen LogP contribution in [0.1, 0.15) is 31.2 Å². The number of nitrogens with zero attached hydrogens (tertiary/aromatic N) is 3. The summed E-state index contributed by atoms with van der Waals surface area (Å²) in [5.74, 6) is -4.69. The first-order chi connectivity index (χ1) is 23.1. The predicted octanol–water partition coefficient (Wildman–Crippen LogP) is 7.01. The molecule has 254 valence electrons. The van der Waals surface area contributed by atoms with E-state index in [9.17, 15) is 18.4 Å². The number of halogens is 4. The van der Waals surface area contributed by atoms with Crippen LogP contribution in [0, 0.1) is 23.3 Å². The van der Waals surface area contributed by atoms with Gasteiger partial charge in [0, 0.05) is 42.0 Å². The van der Waals surface area contributed by atoms with Gasteiger partial charge in [0.2, 0.25) is 0 Å². The number of benzene rings is 3. The zero-order valence-electron chi connectivity index (χ0n) is 26.3. The maximum atomic E-state index is 15.2. The van der Waals surface area contributed by atoms with E-state index >= 15 is 8.78 Å². The van der Waals surface area contributed by atoms with Gasteiger partial charge >= 0.3 is 6.03 Å². The SMILES string of the molecule is CCN(CC)CCCOc1cc2nccc(Oc3c(F)cc(NC(=O)NN4C(=O)CSC4c4c(F)cccc4F)cc3F)c2cc1OC. The molecular weight excluding hydrogens is 654 g/mol. The lowest BCUT2D eigenvalue weighted by molar-refractivity contribution is -0.130. The highest BCUT2D eigenvalue weighted by atomic mass is 32.2. The van der Waals surface area contributed by atoms with Crippen LogP contribution in [0.15, 0.2) is 54.7 Å². The van der Waals surface area contributed by atoms with Crippen LogP contribution in [0.5, 0.6) is 23.0 Å². The second-order valence-electron chi connectivity index (χ2n) is 10.6. The molecular formula is C33H33F4N5O5S. The Morgan fingerprint density at radius 2 is 1.71 bits per heavy atom. The minimum absolute atomic E-state index is 0.0825. The van der Waals surface area contributed by atoms with Crippen LogP contribution in [0.25, 0.3) is 10.9 Å². The highest BCUT2D eigenvalue weighted by Crippen LogP contribution is 2.41. The molecule has 1 aliphatic rings. The molecule has 0 bridgehead atoms. The number of aromatic nitrogens is 1. The fourth-order valence-electron chi connectivity index (χ4n) is 5.11. The molecule has 0 saturated carbocycles. The summed E-state index contributed by atoms with van der Waals surface area (Å²) in [4.78, 5) is 31.7. The Hall–Kier alpha value is -4.76. The lowest BCUT2D eigenvalue weighted by atomic mass is 10.1. The van der Waals surface area contributed by atoms with Gasteiger partial charge in [-0.25, -0.2) is 32.8 Å². The van der Waals surface area contributed by atoms with Crippen molar-refractivity contribution < 1.29 is 41.4 Å². The largest absolute Gasteiger partial charge is 0.493 e. The summed E-state index contributed by atoms with van der Waals surface area (Å²) in [6.07, 6.45) is 2.22. The van der Waals surface area contributed by atoms with Crippen LogP contribution in [0.2, 0.25) is 0 Å². The van der Waals surface area contributed by atoms with Crippen molar-refractivity contribution in [1.29, 1.82) is 0 Å². The molecule has 1 atom stereocenters. The van der Waals surface area contributed by atoms with Gasteiger partial charge in [-0.2, -0.15) is 0 Å². The van der Waals surface area contributed by atoms with Crippen molar-refractivity contribution >= 4 is 40.3 Å². The second-order valence-corrected chi connectivity index (χ2v) is 11.6. The van der Waals surface area contributed by atoms with E-state index in [4.69, 9.17) is 14.2 Å². The van der Waals surface area contributed by atoms with Crippen LogP contribution >= 0.6 is 11.8 Å². The molecule has 10 nitrogen and oxygen atoms in total. The molecule has 2 heterocycles. The number of hydrazine groups is 1. The van der Waals surface area contributed by atoms with Gasteiger partial charge in [-0.3, -0.25) is 9.78 Å². The number of nitrogens with one attached hydrogen (secondary N) is 2. The standard InChI is InChI=1S/C33H33F4N5O5S/c1-4-41(5-2)12-7-13-46-28-17-25-20(16-27(28)45-3)26(10-11-38-25)47-31-23(36)14-19(15-24(31)37)39-33(44)40-42-29(43)18-48-32(42)30-21(34)8-6-9-22(30)35/h6,8-11,14-17,32H,4-5,7,12-13,18H2,1-3H3,(H2,39,40,44). The monoisotopic (exact) mass is 687 g/mol. The van der Waals surface area contributed by atoms with Crippen LogP contribution < -0.4 is 25.0 Å². The number of hydrogen-bond donors (Lipinski definition) is 2. The minimum Gasteiger partial charge on any atom is -0.493 e. The van der Waals surface area contributed by atoms with Crippen LogP contribution in [0.3, 0.4) is 0 Å². The molecule has 1 unspecified atom stereocenters. The Morgan fingerprint density at radius 3 is 2.38 bits per heavy atom. The van der Waals surface area contributed by atoms with E-state index in [0.717, 1.165) is 67.1 Å². The maximum absolute atomic E-state index is 15.2. The number of carbonyl (C=O) groups excluding carboxylic acids is 2. The van der Waals surface area contributed by atoms with E-state index in [1.807, 2.05) is 0 Å². The average Bonchev–Trinajstić information content (AvgIpc) is 3.41. The smallest absolute Gasteiger partial charge is 0.338 e. The van der Waals surface area contributed by atoms with E-state index in [1.54, 1.807) is 12.1 Å². The molecule has 4 aromatic rings. The normalized spacial score (nSPS) is 14.5. The van der Waals surface area contributed by atoms with Crippen molar-refractivity contribution in [2.75, 3.05) is 44.4 Å². The molecule has 3 aromatic carbocycles. The summed E-state index contributed by atoms with van der Waals surface area (Å²) in [6.45, 7) is 7.41. The fourth-order valence-corrected chi connectivity index (χ4v) is 6.26. The predicted molar refractivity (Wildman–Crippen MR) is 173 cm³/mol. The van der Waals surface area contributed by atoms with Crippen molar-refractivity contribution in [3.63, 3.8) is 0 Å². The summed E-state index contributed by atoms with van der Waals surface area (Å²) in [7, 11) is 1.47.